The van der Waals surface area contributed by atoms with Crippen molar-refractivity contribution in [2.24, 2.45) is 16.1 Å². The molecule has 0 aromatic heterocycles. The third-order valence-corrected chi connectivity index (χ3v) is 3.66. The molecule has 2 heteroatoms. The molecule has 18 heavy (non-hydrogen) atoms. The van der Waals surface area contributed by atoms with Crippen molar-refractivity contribution in [3.05, 3.63) is 48.2 Å². The lowest BCUT2D eigenvalue weighted by molar-refractivity contribution is 0.311. The average Bonchev–Trinajstić information content (AvgIpc) is 2.44. The SMILES string of the molecule is CCC(C)(CC)CN=C(/C=C\N)c1ccccc1. The molecule has 0 spiro atoms. The fourth-order valence-electron chi connectivity index (χ4n) is 1.69. The van der Waals surface area contributed by atoms with Gasteiger partial charge in [-0.05, 0) is 36.1 Å². The van der Waals surface area contributed by atoms with E-state index in [2.05, 4.69) is 32.9 Å². The lowest BCUT2D eigenvalue weighted by Crippen LogP contribution is -2.19. The number of aliphatic imine (C=N–C) groups is 1. The zero-order chi connectivity index (χ0) is 13.4. The first-order chi connectivity index (χ1) is 8.65. The molecule has 2 N–H and O–H groups in total. The zero-order valence-electron chi connectivity index (χ0n) is 11.7. The summed E-state index contributed by atoms with van der Waals surface area (Å²) < 4.78 is 0. The maximum Gasteiger partial charge on any atom is 0.0661 e. The van der Waals surface area contributed by atoms with Crippen LogP contribution in [0.3, 0.4) is 0 Å². The third-order valence-electron chi connectivity index (χ3n) is 3.66. The molecule has 0 saturated heterocycles. The second kappa shape index (κ2) is 7.00. The van der Waals surface area contributed by atoms with Crippen LogP contribution in [0.15, 0.2) is 47.6 Å². The van der Waals surface area contributed by atoms with Gasteiger partial charge < -0.3 is 5.73 Å². The van der Waals surface area contributed by atoms with Gasteiger partial charge >= 0.3 is 0 Å². The molecule has 0 aliphatic carbocycles. The third kappa shape index (κ3) is 4.02. The molecular weight excluding hydrogens is 220 g/mol. The van der Waals surface area contributed by atoms with E-state index in [0.29, 0.717) is 0 Å². The quantitative estimate of drug-likeness (QED) is 0.760. The molecule has 1 rings (SSSR count). The Hall–Kier alpha value is -1.57. The summed E-state index contributed by atoms with van der Waals surface area (Å²) in [5.41, 5.74) is 7.87. The van der Waals surface area contributed by atoms with Crippen LogP contribution in [0, 0.1) is 5.41 Å². The molecular formula is C16H24N2. The van der Waals surface area contributed by atoms with Gasteiger partial charge in [-0.2, -0.15) is 0 Å². The Morgan fingerprint density at radius 3 is 2.33 bits per heavy atom. The van der Waals surface area contributed by atoms with E-state index in [-0.39, 0.29) is 5.41 Å². The molecule has 0 fully saturated rings. The minimum Gasteiger partial charge on any atom is -0.405 e. The van der Waals surface area contributed by atoms with Gasteiger partial charge in [0.25, 0.3) is 0 Å². The number of hydrogen-bond acceptors (Lipinski definition) is 2. The molecule has 0 aliphatic heterocycles. The summed E-state index contributed by atoms with van der Waals surface area (Å²) in [7, 11) is 0. The highest BCUT2D eigenvalue weighted by molar-refractivity contribution is 6.08. The molecule has 0 atom stereocenters. The maximum atomic E-state index is 5.51. The largest absolute Gasteiger partial charge is 0.405 e. The highest BCUT2D eigenvalue weighted by Gasteiger charge is 2.18. The molecule has 1 aromatic rings. The predicted octanol–water partition coefficient (Wildman–Crippen LogP) is 3.77. The zero-order valence-corrected chi connectivity index (χ0v) is 11.7. The molecule has 0 saturated carbocycles. The number of allylic oxidation sites excluding steroid dienone is 1. The standard InChI is InChI=1S/C16H24N2/c1-4-16(3,5-2)13-18-15(11-12-17)14-9-7-6-8-10-14/h6-12H,4-5,13,17H2,1-3H3/b12-11-,18-15?. The van der Waals surface area contributed by atoms with Gasteiger partial charge in [-0.1, -0.05) is 51.1 Å². The topological polar surface area (TPSA) is 38.4 Å². The molecule has 0 aliphatic rings. The number of benzene rings is 1. The summed E-state index contributed by atoms with van der Waals surface area (Å²) in [6.07, 6.45) is 5.71. The molecule has 0 amide bonds. The maximum absolute atomic E-state index is 5.51. The summed E-state index contributed by atoms with van der Waals surface area (Å²) in [4.78, 5) is 4.75. The van der Waals surface area contributed by atoms with Crippen LogP contribution in [-0.4, -0.2) is 12.3 Å². The van der Waals surface area contributed by atoms with Crippen molar-refractivity contribution in [2.45, 2.75) is 33.6 Å². The summed E-state index contributed by atoms with van der Waals surface area (Å²) in [5.74, 6) is 0. The molecule has 0 radical (unpaired) electrons. The first kappa shape index (κ1) is 14.5. The van der Waals surface area contributed by atoms with Crippen LogP contribution < -0.4 is 5.73 Å². The van der Waals surface area contributed by atoms with Crippen molar-refractivity contribution in [3.8, 4) is 0 Å². The van der Waals surface area contributed by atoms with Gasteiger partial charge in [0.2, 0.25) is 0 Å². The van der Waals surface area contributed by atoms with Crippen molar-refractivity contribution < 1.29 is 0 Å². The smallest absolute Gasteiger partial charge is 0.0661 e. The molecule has 0 unspecified atom stereocenters. The van der Waals surface area contributed by atoms with Crippen LogP contribution in [0.4, 0.5) is 0 Å². The number of hydrogen-bond donors (Lipinski definition) is 1. The van der Waals surface area contributed by atoms with Crippen molar-refractivity contribution in [3.63, 3.8) is 0 Å². The van der Waals surface area contributed by atoms with Crippen LogP contribution >= 0.6 is 0 Å². The van der Waals surface area contributed by atoms with Gasteiger partial charge in [-0.15, -0.1) is 0 Å². The highest BCUT2D eigenvalue weighted by Crippen LogP contribution is 2.25. The number of nitrogens with two attached hydrogens (primary N) is 1. The van der Waals surface area contributed by atoms with E-state index in [1.807, 2.05) is 24.3 Å². The lowest BCUT2D eigenvalue weighted by atomic mass is 9.85. The molecule has 98 valence electrons. The average molecular weight is 244 g/mol. The van der Waals surface area contributed by atoms with Crippen LogP contribution in [0.5, 0.6) is 0 Å². The van der Waals surface area contributed by atoms with E-state index in [9.17, 15) is 0 Å². The Labute approximate surface area is 111 Å². The van der Waals surface area contributed by atoms with E-state index in [1.165, 1.54) is 0 Å². The summed E-state index contributed by atoms with van der Waals surface area (Å²) in [5, 5.41) is 0. The van der Waals surface area contributed by atoms with Crippen LogP contribution in [0.25, 0.3) is 0 Å². The predicted molar refractivity (Wildman–Crippen MR) is 79.9 cm³/mol. The monoisotopic (exact) mass is 244 g/mol. The van der Waals surface area contributed by atoms with Gasteiger partial charge in [0, 0.05) is 6.54 Å². The van der Waals surface area contributed by atoms with Gasteiger partial charge in [-0.3, -0.25) is 4.99 Å². The molecule has 1 aromatic carbocycles. The van der Waals surface area contributed by atoms with Crippen LogP contribution in [0.1, 0.15) is 39.2 Å². The molecule has 0 bridgehead atoms. The second-order valence-corrected chi connectivity index (χ2v) is 4.94. The van der Waals surface area contributed by atoms with Crippen LogP contribution in [0.2, 0.25) is 0 Å². The van der Waals surface area contributed by atoms with Crippen molar-refractivity contribution in [1.29, 1.82) is 0 Å². The van der Waals surface area contributed by atoms with Crippen molar-refractivity contribution >= 4 is 5.71 Å². The van der Waals surface area contributed by atoms with Crippen molar-refractivity contribution in [2.75, 3.05) is 6.54 Å². The van der Waals surface area contributed by atoms with Gasteiger partial charge in [-0.25, -0.2) is 0 Å². The van der Waals surface area contributed by atoms with Crippen LogP contribution in [-0.2, 0) is 0 Å². The van der Waals surface area contributed by atoms with E-state index >= 15 is 0 Å². The van der Waals surface area contributed by atoms with E-state index in [4.69, 9.17) is 10.7 Å². The normalized spacial score (nSPS) is 13.2. The van der Waals surface area contributed by atoms with E-state index in [1.54, 1.807) is 6.20 Å². The summed E-state index contributed by atoms with van der Waals surface area (Å²) in [6, 6.07) is 10.2. The molecule has 2 nitrogen and oxygen atoms in total. The highest BCUT2D eigenvalue weighted by atomic mass is 14.8. The Kier molecular flexibility index (Phi) is 5.63. The first-order valence-corrected chi connectivity index (χ1v) is 6.63. The molecule has 0 heterocycles. The number of rotatable bonds is 6. The fraction of sp³-hybridized carbons (Fsp3) is 0.438. The Balaban J connectivity index is 2.93. The minimum absolute atomic E-state index is 0.280. The Morgan fingerprint density at radius 2 is 1.83 bits per heavy atom. The fourth-order valence-corrected chi connectivity index (χ4v) is 1.69. The second-order valence-electron chi connectivity index (χ2n) is 4.94. The minimum atomic E-state index is 0.280. The van der Waals surface area contributed by atoms with Gasteiger partial charge in [0.1, 0.15) is 0 Å². The van der Waals surface area contributed by atoms with E-state index < -0.39 is 0 Å². The van der Waals surface area contributed by atoms with Crippen molar-refractivity contribution in [1.82, 2.24) is 0 Å². The lowest BCUT2D eigenvalue weighted by Gasteiger charge is -2.24. The summed E-state index contributed by atoms with van der Waals surface area (Å²) in [6.45, 7) is 7.57. The van der Waals surface area contributed by atoms with E-state index in [0.717, 1.165) is 30.7 Å². The van der Waals surface area contributed by atoms with Gasteiger partial charge in [0.15, 0.2) is 0 Å². The Morgan fingerprint density at radius 1 is 1.22 bits per heavy atom. The number of nitrogens with zero attached hydrogens (tertiary/aromatic N) is 1. The summed E-state index contributed by atoms with van der Waals surface area (Å²) >= 11 is 0. The Bertz CT molecular complexity index is 400. The van der Waals surface area contributed by atoms with Gasteiger partial charge in [0.05, 0.1) is 5.71 Å². The first-order valence-electron chi connectivity index (χ1n) is 6.63.